The van der Waals surface area contributed by atoms with Crippen LogP contribution >= 0.6 is 11.6 Å². The fraction of sp³-hybridized carbons (Fsp3) is 0.190. The molecule has 0 amide bonds. The number of morpholine rings is 1. The molecule has 7 heteroatoms. The molecule has 0 N–H and O–H groups in total. The van der Waals surface area contributed by atoms with Crippen LogP contribution in [0, 0.1) is 0 Å². The molecule has 1 aliphatic rings. The van der Waals surface area contributed by atoms with E-state index < -0.39 is 0 Å². The summed E-state index contributed by atoms with van der Waals surface area (Å²) in [7, 11) is 0. The summed E-state index contributed by atoms with van der Waals surface area (Å²) in [6, 6.07) is 21.7. The number of hydrogen-bond donors (Lipinski definition) is 0. The zero-order valence-electron chi connectivity index (χ0n) is 15.1. The maximum absolute atomic E-state index is 6.37. The van der Waals surface area contributed by atoms with Crippen LogP contribution in [0.3, 0.4) is 0 Å². The van der Waals surface area contributed by atoms with Crippen molar-refractivity contribution in [1.82, 2.24) is 19.8 Å². The number of ether oxygens (including phenoxy) is 1. The third-order valence-electron chi connectivity index (χ3n) is 4.92. The fourth-order valence-corrected chi connectivity index (χ4v) is 3.75. The van der Waals surface area contributed by atoms with Gasteiger partial charge in [-0.15, -0.1) is 15.3 Å². The minimum atomic E-state index is -0.0885. The van der Waals surface area contributed by atoms with Crippen molar-refractivity contribution < 1.29 is 4.74 Å². The maximum atomic E-state index is 6.37. The van der Waals surface area contributed by atoms with Crippen molar-refractivity contribution in [2.24, 2.45) is 0 Å². The number of benzene rings is 2. The van der Waals surface area contributed by atoms with Crippen LogP contribution in [-0.2, 0) is 4.74 Å². The van der Waals surface area contributed by atoms with E-state index in [1.54, 1.807) is 4.52 Å². The summed E-state index contributed by atoms with van der Waals surface area (Å²) in [5.41, 5.74) is 2.71. The lowest BCUT2D eigenvalue weighted by Crippen LogP contribution is -2.39. The highest BCUT2D eigenvalue weighted by Gasteiger charge is 2.25. The van der Waals surface area contributed by atoms with E-state index in [1.165, 1.54) is 0 Å². The Morgan fingerprint density at radius 1 is 0.929 bits per heavy atom. The molecule has 2 aromatic carbocycles. The lowest BCUT2D eigenvalue weighted by molar-refractivity contribution is 0.0395. The molecular weight excluding hydrogens is 374 g/mol. The van der Waals surface area contributed by atoms with Gasteiger partial charge in [0.1, 0.15) is 11.9 Å². The molecule has 0 spiro atoms. The van der Waals surface area contributed by atoms with Crippen molar-refractivity contribution in [3.63, 3.8) is 0 Å². The second-order valence-corrected chi connectivity index (χ2v) is 7.09. The van der Waals surface area contributed by atoms with Crippen LogP contribution in [-0.4, -0.2) is 39.5 Å². The van der Waals surface area contributed by atoms with Crippen molar-refractivity contribution in [3.8, 4) is 11.4 Å². The molecule has 1 unspecified atom stereocenters. The van der Waals surface area contributed by atoms with Gasteiger partial charge in [-0.3, -0.25) is 0 Å². The molecule has 1 aliphatic heterocycles. The average Bonchev–Trinajstić information content (AvgIpc) is 3.18. The van der Waals surface area contributed by atoms with Crippen molar-refractivity contribution >= 4 is 23.1 Å². The van der Waals surface area contributed by atoms with Crippen LogP contribution in [0.4, 0.5) is 5.82 Å². The number of nitrogens with zero attached hydrogens (tertiary/aromatic N) is 5. The Morgan fingerprint density at radius 3 is 2.61 bits per heavy atom. The summed E-state index contributed by atoms with van der Waals surface area (Å²) in [6.45, 7) is 2.07. The second-order valence-electron chi connectivity index (χ2n) is 6.68. The van der Waals surface area contributed by atoms with Crippen LogP contribution in [0.2, 0.25) is 5.02 Å². The van der Waals surface area contributed by atoms with Crippen molar-refractivity contribution in [3.05, 3.63) is 77.3 Å². The van der Waals surface area contributed by atoms with Gasteiger partial charge in [-0.05, 0) is 18.2 Å². The third-order valence-corrected chi connectivity index (χ3v) is 5.27. The first-order valence-electron chi connectivity index (χ1n) is 9.18. The predicted molar refractivity (Wildman–Crippen MR) is 109 cm³/mol. The quantitative estimate of drug-likeness (QED) is 0.528. The Labute approximate surface area is 167 Å². The lowest BCUT2D eigenvalue weighted by atomic mass is 10.1. The van der Waals surface area contributed by atoms with Gasteiger partial charge < -0.3 is 9.64 Å². The van der Waals surface area contributed by atoms with Gasteiger partial charge in [0.15, 0.2) is 11.5 Å². The van der Waals surface area contributed by atoms with Crippen molar-refractivity contribution in [2.45, 2.75) is 6.10 Å². The van der Waals surface area contributed by atoms with E-state index in [9.17, 15) is 0 Å². The number of fused-ring (bicyclic) bond motifs is 1. The van der Waals surface area contributed by atoms with E-state index in [-0.39, 0.29) is 6.10 Å². The molecule has 0 bridgehead atoms. The van der Waals surface area contributed by atoms with Crippen LogP contribution < -0.4 is 4.90 Å². The van der Waals surface area contributed by atoms with Gasteiger partial charge in [0.05, 0.1) is 6.61 Å². The smallest absolute Gasteiger partial charge is 0.185 e. The molecule has 6 nitrogen and oxygen atoms in total. The Kier molecular flexibility index (Phi) is 4.43. The van der Waals surface area contributed by atoms with Crippen molar-refractivity contribution in [1.29, 1.82) is 0 Å². The summed E-state index contributed by atoms with van der Waals surface area (Å²) in [5.74, 6) is 1.60. The number of aromatic nitrogens is 4. The van der Waals surface area contributed by atoms with Crippen LogP contribution in [0.15, 0.2) is 66.7 Å². The zero-order chi connectivity index (χ0) is 18.9. The molecule has 1 saturated heterocycles. The Morgan fingerprint density at radius 2 is 1.75 bits per heavy atom. The maximum Gasteiger partial charge on any atom is 0.185 e. The average molecular weight is 392 g/mol. The van der Waals surface area contributed by atoms with E-state index in [4.69, 9.17) is 21.4 Å². The van der Waals surface area contributed by atoms with Crippen LogP contribution in [0.1, 0.15) is 11.7 Å². The first-order valence-corrected chi connectivity index (χ1v) is 9.56. The highest BCUT2D eigenvalue weighted by atomic mass is 35.5. The minimum absolute atomic E-state index is 0.0885. The predicted octanol–water partition coefficient (Wildman–Crippen LogP) is 4.02. The van der Waals surface area contributed by atoms with Gasteiger partial charge in [-0.2, -0.15) is 4.52 Å². The lowest BCUT2D eigenvalue weighted by Gasteiger charge is -2.34. The largest absolute Gasteiger partial charge is 0.370 e. The molecule has 1 fully saturated rings. The zero-order valence-corrected chi connectivity index (χ0v) is 15.8. The summed E-state index contributed by atoms with van der Waals surface area (Å²) in [6.07, 6.45) is -0.0885. The molecule has 28 heavy (non-hydrogen) atoms. The van der Waals surface area contributed by atoms with E-state index in [0.29, 0.717) is 13.2 Å². The Bertz CT molecular complexity index is 1110. The van der Waals surface area contributed by atoms with E-state index in [2.05, 4.69) is 15.1 Å². The standard InChI is InChI=1S/C21H18ClN5O/c22-17-9-5-4-8-16(17)18-14-26(12-13-28-18)20-11-10-19-23-24-21(27(19)25-20)15-6-2-1-3-7-15/h1-11,18H,12-14H2. The highest BCUT2D eigenvalue weighted by molar-refractivity contribution is 6.31. The highest BCUT2D eigenvalue weighted by Crippen LogP contribution is 2.30. The minimum Gasteiger partial charge on any atom is -0.370 e. The first-order chi connectivity index (χ1) is 13.8. The van der Waals surface area contributed by atoms with E-state index >= 15 is 0 Å². The van der Waals surface area contributed by atoms with Crippen molar-refractivity contribution in [2.75, 3.05) is 24.6 Å². The Hall–Kier alpha value is -2.96. The van der Waals surface area contributed by atoms with Gasteiger partial charge >= 0.3 is 0 Å². The van der Waals surface area contributed by atoms with Gasteiger partial charge in [-0.1, -0.05) is 60.1 Å². The topological polar surface area (TPSA) is 55.6 Å². The number of rotatable bonds is 3. The third kappa shape index (κ3) is 3.10. The monoisotopic (exact) mass is 391 g/mol. The molecule has 2 aromatic heterocycles. The van der Waals surface area contributed by atoms with Gasteiger partial charge in [0.25, 0.3) is 0 Å². The summed E-state index contributed by atoms with van der Waals surface area (Å²) in [4.78, 5) is 2.21. The van der Waals surface area contributed by atoms with E-state index in [0.717, 1.165) is 40.0 Å². The number of anilines is 1. The number of hydrogen-bond acceptors (Lipinski definition) is 5. The van der Waals surface area contributed by atoms with Crippen LogP contribution in [0.25, 0.3) is 17.0 Å². The second kappa shape index (κ2) is 7.22. The van der Waals surface area contributed by atoms with Crippen LogP contribution in [0.5, 0.6) is 0 Å². The molecule has 0 aliphatic carbocycles. The molecular formula is C21H18ClN5O. The molecule has 1 atom stereocenters. The molecule has 5 rings (SSSR count). The SMILES string of the molecule is Clc1ccccc1C1CN(c2ccc3nnc(-c4ccccc4)n3n2)CCO1. The summed E-state index contributed by atoms with van der Waals surface area (Å²) < 4.78 is 7.77. The van der Waals surface area contributed by atoms with Gasteiger partial charge in [0.2, 0.25) is 0 Å². The summed E-state index contributed by atoms with van der Waals surface area (Å²) in [5, 5.41) is 14.1. The fourth-order valence-electron chi connectivity index (χ4n) is 3.50. The first kappa shape index (κ1) is 17.2. The molecule has 0 radical (unpaired) electrons. The number of halogens is 1. The van der Waals surface area contributed by atoms with E-state index in [1.807, 2.05) is 66.7 Å². The normalized spacial score (nSPS) is 17.2. The van der Waals surface area contributed by atoms with Gasteiger partial charge in [-0.25, -0.2) is 0 Å². The summed E-state index contributed by atoms with van der Waals surface area (Å²) >= 11 is 6.37. The van der Waals surface area contributed by atoms with Gasteiger partial charge in [0, 0.05) is 29.2 Å². The Balaban J connectivity index is 1.48. The molecule has 140 valence electrons. The molecule has 4 aromatic rings. The molecule has 0 saturated carbocycles. The molecule has 3 heterocycles.